The first kappa shape index (κ1) is 11.7. The van der Waals surface area contributed by atoms with E-state index in [2.05, 4.69) is 35.2 Å². The summed E-state index contributed by atoms with van der Waals surface area (Å²) in [6, 6.07) is 2.05. The number of nitrogen functional groups attached to an aromatic ring is 1. The quantitative estimate of drug-likeness (QED) is 0.888. The monoisotopic (exact) mass is 262 g/mol. The predicted molar refractivity (Wildman–Crippen MR) is 76.8 cm³/mol. The van der Waals surface area contributed by atoms with Crippen LogP contribution in [0.4, 0.5) is 11.8 Å². The molecule has 18 heavy (non-hydrogen) atoms. The molecule has 1 aliphatic carbocycles. The molecule has 3 rings (SSSR count). The molecule has 1 saturated carbocycles. The van der Waals surface area contributed by atoms with Crippen molar-refractivity contribution in [3.63, 3.8) is 0 Å². The Morgan fingerprint density at radius 1 is 1.44 bits per heavy atom. The first-order valence-corrected chi connectivity index (χ1v) is 7.23. The number of hydrogen-bond donors (Lipinski definition) is 2. The minimum Gasteiger partial charge on any atom is -0.369 e. The standard InChI is InChI=1S/C13H18N4S/c1-8(2)13(4-5-13)7-15-10-9-3-6-18-11(9)17-12(14)16-10/h3,6,8H,4-5,7H2,1-2H3,(H3,14,15,16,17). The summed E-state index contributed by atoms with van der Waals surface area (Å²) in [6.45, 7) is 5.57. The Bertz CT molecular complexity index is 571. The molecular formula is C13H18N4S. The summed E-state index contributed by atoms with van der Waals surface area (Å²) in [5.74, 6) is 1.94. The molecule has 4 nitrogen and oxygen atoms in total. The number of fused-ring (bicyclic) bond motifs is 1. The maximum atomic E-state index is 5.74. The molecule has 3 N–H and O–H groups in total. The topological polar surface area (TPSA) is 63.8 Å². The average Bonchev–Trinajstić information content (AvgIpc) is 2.98. The molecule has 1 fully saturated rings. The third kappa shape index (κ3) is 1.92. The van der Waals surface area contributed by atoms with Crippen LogP contribution in [0.3, 0.4) is 0 Å². The second-order valence-electron chi connectivity index (χ2n) is 5.44. The Balaban J connectivity index is 1.84. The van der Waals surface area contributed by atoms with Crippen molar-refractivity contribution in [1.29, 1.82) is 0 Å². The third-order valence-corrected chi connectivity index (χ3v) is 4.87. The number of nitrogens with two attached hydrogens (primary N) is 1. The Labute approximate surface area is 111 Å². The second-order valence-corrected chi connectivity index (χ2v) is 6.34. The van der Waals surface area contributed by atoms with Gasteiger partial charge < -0.3 is 11.1 Å². The second kappa shape index (κ2) is 4.09. The van der Waals surface area contributed by atoms with E-state index in [9.17, 15) is 0 Å². The minimum absolute atomic E-state index is 0.349. The highest BCUT2D eigenvalue weighted by molar-refractivity contribution is 7.16. The van der Waals surface area contributed by atoms with Crippen LogP contribution >= 0.6 is 11.3 Å². The van der Waals surface area contributed by atoms with E-state index in [-0.39, 0.29) is 0 Å². The Kier molecular flexibility index (Phi) is 2.66. The van der Waals surface area contributed by atoms with Gasteiger partial charge in [0.05, 0.1) is 5.39 Å². The van der Waals surface area contributed by atoms with Crippen LogP contribution in [-0.4, -0.2) is 16.5 Å². The van der Waals surface area contributed by atoms with Crippen molar-refractivity contribution < 1.29 is 0 Å². The van der Waals surface area contributed by atoms with E-state index >= 15 is 0 Å². The molecule has 0 aromatic carbocycles. The van der Waals surface area contributed by atoms with E-state index in [1.165, 1.54) is 12.8 Å². The van der Waals surface area contributed by atoms with Crippen LogP contribution in [0, 0.1) is 11.3 Å². The van der Waals surface area contributed by atoms with Gasteiger partial charge in [0.25, 0.3) is 0 Å². The lowest BCUT2D eigenvalue weighted by Crippen LogP contribution is -2.21. The first-order valence-electron chi connectivity index (χ1n) is 6.35. The molecule has 0 atom stereocenters. The van der Waals surface area contributed by atoms with Crippen LogP contribution in [0.2, 0.25) is 0 Å². The predicted octanol–water partition coefficient (Wildman–Crippen LogP) is 3.12. The highest BCUT2D eigenvalue weighted by Gasteiger charge is 2.45. The van der Waals surface area contributed by atoms with Gasteiger partial charge in [-0.1, -0.05) is 13.8 Å². The smallest absolute Gasteiger partial charge is 0.223 e. The van der Waals surface area contributed by atoms with Crippen LogP contribution in [0.25, 0.3) is 10.2 Å². The summed E-state index contributed by atoms with van der Waals surface area (Å²) in [6.07, 6.45) is 2.62. The van der Waals surface area contributed by atoms with Gasteiger partial charge in [-0.15, -0.1) is 11.3 Å². The summed E-state index contributed by atoms with van der Waals surface area (Å²) in [5.41, 5.74) is 6.20. The van der Waals surface area contributed by atoms with Crippen LogP contribution in [0.5, 0.6) is 0 Å². The van der Waals surface area contributed by atoms with E-state index in [0.717, 1.165) is 22.6 Å². The summed E-state index contributed by atoms with van der Waals surface area (Å²) in [5, 5.41) is 6.58. The molecule has 0 radical (unpaired) electrons. The van der Waals surface area contributed by atoms with Crippen LogP contribution < -0.4 is 11.1 Å². The first-order chi connectivity index (χ1) is 8.61. The van der Waals surface area contributed by atoms with Gasteiger partial charge in [-0.05, 0) is 35.6 Å². The van der Waals surface area contributed by atoms with Crippen molar-refractivity contribution in [2.75, 3.05) is 17.6 Å². The summed E-state index contributed by atoms with van der Waals surface area (Å²) in [4.78, 5) is 9.52. The SMILES string of the molecule is CC(C)C1(CNc2nc(N)nc3sccc23)CC1. The van der Waals surface area contributed by atoms with Gasteiger partial charge in [-0.2, -0.15) is 4.98 Å². The van der Waals surface area contributed by atoms with Gasteiger partial charge in [-0.25, -0.2) is 4.98 Å². The zero-order chi connectivity index (χ0) is 12.8. The number of rotatable bonds is 4. The number of aromatic nitrogens is 2. The van der Waals surface area contributed by atoms with E-state index < -0.39 is 0 Å². The number of nitrogens with one attached hydrogen (secondary N) is 1. The molecule has 2 aromatic heterocycles. The molecule has 2 heterocycles. The molecular weight excluding hydrogens is 244 g/mol. The van der Waals surface area contributed by atoms with Gasteiger partial charge in [0.15, 0.2) is 0 Å². The zero-order valence-corrected chi connectivity index (χ0v) is 11.5. The molecule has 0 saturated heterocycles. The van der Waals surface area contributed by atoms with E-state index in [0.29, 0.717) is 17.3 Å². The van der Waals surface area contributed by atoms with Crippen LogP contribution in [0.15, 0.2) is 11.4 Å². The lowest BCUT2D eigenvalue weighted by Gasteiger charge is -2.20. The van der Waals surface area contributed by atoms with Crippen molar-refractivity contribution in [2.24, 2.45) is 11.3 Å². The zero-order valence-electron chi connectivity index (χ0n) is 10.7. The summed E-state index contributed by atoms with van der Waals surface area (Å²) < 4.78 is 0. The molecule has 1 aliphatic rings. The third-order valence-electron chi connectivity index (χ3n) is 4.07. The number of hydrogen-bond acceptors (Lipinski definition) is 5. The molecule has 96 valence electrons. The summed E-state index contributed by atoms with van der Waals surface area (Å²) >= 11 is 1.60. The Hall–Kier alpha value is -1.36. The Morgan fingerprint density at radius 3 is 2.89 bits per heavy atom. The molecule has 2 aromatic rings. The van der Waals surface area contributed by atoms with E-state index in [1.54, 1.807) is 11.3 Å². The van der Waals surface area contributed by atoms with Crippen LogP contribution in [-0.2, 0) is 0 Å². The maximum Gasteiger partial charge on any atom is 0.223 e. The Morgan fingerprint density at radius 2 is 2.22 bits per heavy atom. The van der Waals surface area contributed by atoms with E-state index in [4.69, 9.17) is 5.73 Å². The largest absolute Gasteiger partial charge is 0.369 e. The van der Waals surface area contributed by atoms with Gasteiger partial charge in [0.1, 0.15) is 10.6 Å². The molecule has 0 unspecified atom stereocenters. The minimum atomic E-state index is 0.349. The van der Waals surface area contributed by atoms with Crippen molar-refractivity contribution >= 4 is 33.3 Å². The van der Waals surface area contributed by atoms with Crippen molar-refractivity contribution in [2.45, 2.75) is 26.7 Å². The van der Waals surface area contributed by atoms with Crippen molar-refractivity contribution in [3.8, 4) is 0 Å². The maximum absolute atomic E-state index is 5.74. The van der Waals surface area contributed by atoms with Crippen molar-refractivity contribution in [1.82, 2.24) is 9.97 Å². The van der Waals surface area contributed by atoms with Crippen LogP contribution in [0.1, 0.15) is 26.7 Å². The molecule has 5 heteroatoms. The lowest BCUT2D eigenvalue weighted by molar-refractivity contribution is 0.380. The van der Waals surface area contributed by atoms with Gasteiger partial charge >= 0.3 is 0 Å². The summed E-state index contributed by atoms with van der Waals surface area (Å²) in [7, 11) is 0. The fraction of sp³-hybridized carbons (Fsp3) is 0.538. The number of thiophene rings is 1. The lowest BCUT2D eigenvalue weighted by atomic mass is 9.92. The van der Waals surface area contributed by atoms with Crippen molar-refractivity contribution in [3.05, 3.63) is 11.4 Å². The van der Waals surface area contributed by atoms with Gasteiger partial charge in [-0.3, -0.25) is 0 Å². The average molecular weight is 262 g/mol. The highest BCUT2D eigenvalue weighted by Crippen LogP contribution is 2.51. The molecule has 0 spiro atoms. The van der Waals surface area contributed by atoms with Gasteiger partial charge in [0, 0.05) is 6.54 Å². The number of anilines is 2. The normalized spacial score (nSPS) is 17.3. The fourth-order valence-electron chi connectivity index (χ4n) is 2.39. The molecule has 0 aliphatic heterocycles. The number of nitrogens with zero attached hydrogens (tertiary/aromatic N) is 2. The van der Waals surface area contributed by atoms with E-state index in [1.807, 2.05) is 5.38 Å². The van der Waals surface area contributed by atoms with Gasteiger partial charge in [0.2, 0.25) is 5.95 Å². The fourth-order valence-corrected chi connectivity index (χ4v) is 3.16. The molecule has 0 bridgehead atoms. The molecule has 0 amide bonds. The highest BCUT2D eigenvalue weighted by atomic mass is 32.1.